The molecule has 13 heavy (non-hydrogen) atoms. The van der Waals surface area contributed by atoms with Gasteiger partial charge in [-0.3, -0.25) is 0 Å². The zero-order chi connectivity index (χ0) is 9.26. The molecule has 0 fully saturated rings. The predicted molar refractivity (Wildman–Crippen MR) is 56.9 cm³/mol. The van der Waals surface area contributed by atoms with Crippen LogP contribution in [0.4, 0.5) is 0 Å². The molecule has 0 bridgehead atoms. The molecule has 0 aliphatic carbocycles. The molecule has 1 N–H and O–H groups in total. The van der Waals surface area contributed by atoms with Crippen LogP contribution in [0, 0.1) is 0 Å². The normalized spacial score (nSPS) is 10.2. The van der Waals surface area contributed by atoms with Crippen LogP contribution in [0.3, 0.4) is 0 Å². The molecule has 66 valence electrons. The summed E-state index contributed by atoms with van der Waals surface area (Å²) < 4.78 is 0.938. The van der Waals surface area contributed by atoms with Crippen LogP contribution >= 0.6 is 27.3 Å². The summed E-state index contributed by atoms with van der Waals surface area (Å²) in [4.78, 5) is 4.13. The van der Waals surface area contributed by atoms with Crippen molar-refractivity contribution in [3.63, 3.8) is 0 Å². The minimum atomic E-state index is 0.258. The lowest BCUT2D eigenvalue weighted by atomic mass is 10.1. The van der Waals surface area contributed by atoms with E-state index in [0.29, 0.717) is 0 Å². The molecule has 0 unspecified atom stereocenters. The Morgan fingerprint density at radius 3 is 2.92 bits per heavy atom. The molecule has 0 radical (unpaired) electrons. The summed E-state index contributed by atoms with van der Waals surface area (Å²) in [5, 5.41) is 11.5. The van der Waals surface area contributed by atoms with Gasteiger partial charge < -0.3 is 5.11 Å². The molecule has 0 saturated carbocycles. The second kappa shape index (κ2) is 3.47. The second-order valence-electron chi connectivity index (χ2n) is 2.54. The van der Waals surface area contributed by atoms with Crippen molar-refractivity contribution in [3.8, 4) is 17.0 Å². The minimum absolute atomic E-state index is 0.258. The first kappa shape index (κ1) is 8.72. The van der Waals surface area contributed by atoms with Crippen molar-refractivity contribution in [3.05, 3.63) is 33.6 Å². The van der Waals surface area contributed by atoms with E-state index in [-0.39, 0.29) is 5.75 Å². The van der Waals surface area contributed by atoms with Crippen LogP contribution in [-0.2, 0) is 0 Å². The Balaban J connectivity index is 2.57. The SMILES string of the molecule is Oc1ccc(Br)cc1-c1cscn1. The maximum Gasteiger partial charge on any atom is 0.125 e. The van der Waals surface area contributed by atoms with Gasteiger partial charge >= 0.3 is 0 Å². The van der Waals surface area contributed by atoms with Gasteiger partial charge in [-0.25, -0.2) is 4.98 Å². The fraction of sp³-hybridized carbons (Fsp3) is 0. The van der Waals surface area contributed by atoms with Crippen LogP contribution in [0.1, 0.15) is 0 Å². The van der Waals surface area contributed by atoms with E-state index in [0.717, 1.165) is 15.7 Å². The topological polar surface area (TPSA) is 33.1 Å². The van der Waals surface area contributed by atoms with Crippen molar-refractivity contribution in [2.75, 3.05) is 0 Å². The third-order valence-corrected chi connectivity index (χ3v) is 2.75. The van der Waals surface area contributed by atoms with E-state index in [9.17, 15) is 5.11 Å². The van der Waals surface area contributed by atoms with Gasteiger partial charge in [-0.05, 0) is 18.2 Å². The van der Waals surface area contributed by atoms with Gasteiger partial charge in [0.05, 0.1) is 11.2 Å². The molecule has 1 aromatic carbocycles. The Hall–Kier alpha value is -0.870. The fourth-order valence-corrected chi connectivity index (χ4v) is 1.97. The maximum atomic E-state index is 9.55. The Labute approximate surface area is 88.0 Å². The lowest BCUT2D eigenvalue weighted by Gasteiger charge is -2.00. The number of phenols is 1. The number of aromatic nitrogens is 1. The first-order valence-corrected chi connectivity index (χ1v) is 5.38. The lowest BCUT2D eigenvalue weighted by Crippen LogP contribution is -1.78. The van der Waals surface area contributed by atoms with Crippen molar-refractivity contribution in [2.45, 2.75) is 0 Å². The minimum Gasteiger partial charge on any atom is -0.507 e. The molecule has 2 nitrogen and oxygen atoms in total. The molecule has 0 spiro atoms. The summed E-state index contributed by atoms with van der Waals surface area (Å²) >= 11 is 4.86. The average Bonchev–Trinajstić information content (AvgIpc) is 2.61. The van der Waals surface area contributed by atoms with E-state index in [1.165, 1.54) is 11.3 Å². The smallest absolute Gasteiger partial charge is 0.125 e. The molecule has 1 aromatic heterocycles. The Morgan fingerprint density at radius 2 is 2.23 bits per heavy atom. The van der Waals surface area contributed by atoms with Crippen LogP contribution in [0.5, 0.6) is 5.75 Å². The highest BCUT2D eigenvalue weighted by Crippen LogP contribution is 2.31. The molecule has 0 aliphatic rings. The van der Waals surface area contributed by atoms with Crippen LogP contribution in [0.15, 0.2) is 33.6 Å². The Kier molecular flexibility index (Phi) is 2.33. The van der Waals surface area contributed by atoms with Gasteiger partial charge in [0.2, 0.25) is 0 Å². The summed E-state index contributed by atoms with van der Waals surface area (Å²) in [5.41, 5.74) is 3.31. The van der Waals surface area contributed by atoms with Crippen molar-refractivity contribution in [2.24, 2.45) is 0 Å². The summed E-state index contributed by atoms with van der Waals surface area (Å²) in [6, 6.07) is 5.30. The summed E-state index contributed by atoms with van der Waals surface area (Å²) in [5.74, 6) is 0.258. The van der Waals surface area contributed by atoms with E-state index in [2.05, 4.69) is 20.9 Å². The average molecular weight is 256 g/mol. The molecular weight excluding hydrogens is 250 g/mol. The van der Waals surface area contributed by atoms with Crippen LogP contribution in [0.25, 0.3) is 11.3 Å². The molecule has 0 saturated heterocycles. The standard InChI is InChI=1S/C9H6BrNOS/c10-6-1-2-9(12)7(3-6)8-4-13-5-11-8/h1-5,12H. The monoisotopic (exact) mass is 255 g/mol. The van der Waals surface area contributed by atoms with Crippen LogP contribution in [-0.4, -0.2) is 10.1 Å². The zero-order valence-electron chi connectivity index (χ0n) is 6.57. The predicted octanol–water partition coefficient (Wildman–Crippen LogP) is 3.28. The number of halogens is 1. The van der Waals surface area contributed by atoms with E-state index in [4.69, 9.17) is 0 Å². The summed E-state index contributed by atoms with van der Waals surface area (Å²) in [7, 11) is 0. The van der Waals surface area contributed by atoms with E-state index in [1.807, 2.05) is 11.4 Å². The van der Waals surface area contributed by atoms with Crippen molar-refractivity contribution in [1.82, 2.24) is 4.98 Å². The second-order valence-corrected chi connectivity index (χ2v) is 4.17. The van der Waals surface area contributed by atoms with Crippen molar-refractivity contribution < 1.29 is 5.11 Å². The highest BCUT2D eigenvalue weighted by atomic mass is 79.9. The van der Waals surface area contributed by atoms with Crippen molar-refractivity contribution >= 4 is 27.3 Å². The highest BCUT2D eigenvalue weighted by molar-refractivity contribution is 9.10. The maximum absolute atomic E-state index is 9.55. The number of hydrogen-bond acceptors (Lipinski definition) is 3. The Morgan fingerprint density at radius 1 is 1.38 bits per heavy atom. The molecule has 1 heterocycles. The number of thiazole rings is 1. The van der Waals surface area contributed by atoms with Gasteiger partial charge in [0.15, 0.2) is 0 Å². The zero-order valence-corrected chi connectivity index (χ0v) is 8.97. The molecule has 2 aromatic rings. The van der Waals surface area contributed by atoms with Crippen LogP contribution in [0.2, 0.25) is 0 Å². The number of nitrogens with zero attached hydrogens (tertiary/aromatic N) is 1. The molecular formula is C9H6BrNOS. The third kappa shape index (κ3) is 1.73. The van der Waals surface area contributed by atoms with E-state index < -0.39 is 0 Å². The molecule has 0 aliphatic heterocycles. The fourth-order valence-electron chi connectivity index (χ4n) is 1.06. The van der Waals surface area contributed by atoms with Gasteiger partial charge in [0, 0.05) is 15.4 Å². The van der Waals surface area contributed by atoms with Gasteiger partial charge in [0.25, 0.3) is 0 Å². The number of aromatic hydroxyl groups is 1. The highest BCUT2D eigenvalue weighted by Gasteiger charge is 2.05. The Bertz CT molecular complexity index is 414. The number of benzene rings is 1. The van der Waals surface area contributed by atoms with Crippen molar-refractivity contribution in [1.29, 1.82) is 0 Å². The van der Waals surface area contributed by atoms with Gasteiger partial charge in [-0.2, -0.15) is 0 Å². The van der Waals surface area contributed by atoms with E-state index >= 15 is 0 Å². The first-order valence-electron chi connectivity index (χ1n) is 3.64. The van der Waals surface area contributed by atoms with E-state index in [1.54, 1.807) is 17.6 Å². The molecule has 0 amide bonds. The van der Waals surface area contributed by atoms with Crippen LogP contribution < -0.4 is 0 Å². The van der Waals surface area contributed by atoms with Gasteiger partial charge in [-0.1, -0.05) is 15.9 Å². The van der Waals surface area contributed by atoms with Gasteiger partial charge in [0.1, 0.15) is 5.75 Å². The molecule has 2 rings (SSSR count). The van der Waals surface area contributed by atoms with Gasteiger partial charge in [-0.15, -0.1) is 11.3 Å². The first-order chi connectivity index (χ1) is 6.27. The quantitative estimate of drug-likeness (QED) is 0.849. The third-order valence-electron chi connectivity index (χ3n) is 1.67. The molecule has 4 heteroatoms. The summed E-state index contributed by atoms with van der Waals surface area (Å²) in [6.45, 7) is 0. The largest absolute Gasteiger partial charge is 0.507 e. The number of rotatable bonds is 1. The lowest BCUT2D eigenvalue weighted by molar-refractivity contribution is 0.477. The number of phenolic OH excluding ortho intramolecular Hbond substituents is 1. The molecule has 0 atom stereocenters. The number of hydrogen-bond donors (Lipinski definition) is 1. The summed E-state index contributed by atoms with van der Waals surface area (Å²) in [6.07, 6.45) is 0.